The molecule has 0 amide bonds. The maximum absolute atomic E-state index is 12.3. The summed E-state index contributed by atoms with van der Waals surface area (Å²) in [7, 11) is -1.89. The van der Waals surface area contributed by atoms with Crippen molar-refractivity contribution in [2.75, 3.05) is 12.8 Å². The fourth-order valence-electron chi connectivity index (χ4n) is 1.86. The van der Waals surface area contributed by atoms with Crippen LogP contribution in [0.5, 0.6) is 0 Å². The van der Waals surface area contributed by atoms with Gasteiger partial charge in [-0.05, 0) is 31.0 Å². The summed E-state index contributed by atoms with van der Waals surface area (Å²) < 4.78 is 26.0. The van der Waals surface area contributed by atoms with Crippen LogP contribution in [0.25, 0.3) is 0 Å². The van der Waals surface area contributed by atoms with Gasteiger partial charge in [0.25, 0.3) is 0 Å². The molecule has 0 aromatic heterocycles. The summed E-state index contributed by atoms with van der Waals surface area (Å²) in [6.45, 7) is 0. The molecule has 1 saturated carbocycles. The van der Waals surface area contributed by atoms with Crippen LogP contribution in [0.4, 0.5) is 5.69 Å². The molecule has 0 radical (unpaired) electrons. The largest absolute Gasteiger partial charge is 0.398 e. The van der Waals surface area contributed by atoms with Gasteiger partial charge in [0.05, 0.1) is 5.69 Å². The van der Waals surface area contributed by atoms with Gasteiger partial charge in [0.2, 0.25) is 10.0 Å². The summed E-state index contributed by atoms with van der Waals surface area (Å²) in [4.78, 5) is 0.135. The normalized spacial score (nSPS) is 17.1. The molecule has 6 heteroatoms. The molecule has 0 saturated heterocycles. The maximum Gasteiger partial charge on any atom is 0.245 e. The van der Waals surface area contributed by atoms with Gasteiger partial charge in [-0.25, -0.2) is 8.42 Å². The van der Waals surface area contributed by atoms with Crippen LogP contribution in [0.2, 0.25) is 5.02 Å². The highest BCUT2D eigenvalue weighted by Gasteiger charge is 2.32. The molecule has 0 bridgehead atoms. The number of benzene rings is 1. The molecule has 4 nitrogen and oxygen atoms in total. The smallest absolute Gasteiger partial charge is 0.245 e. The number of nitrogens with two attached hydrogens (primary N) is 1. The van der Waals surface area contributed by atoms with Gasteiger partial charge in [-0.3, -0.25) is 0 Å². The molecule has 1 aromatic carbocycles. The first-order chi connectivity index (χ1) is 7.93. The predicted octanol–water partition coefficient (Wildman–Crippen LogP) is 2.10. The third kappa shape index (κ3) is 2.27. The third-order valence-electron chi connectivity index (χ3n) is 3.22. The van der Waals surface area contributed by atoms with Gasteiger partial charge in [0.15, 0.2) is 0 Å². The number of nitrogens with zero attached hydrogens (tertiary/aromatic N) is 1. The van der Waals surface area contributed by atoms with E-state index in [4.69, 9.17) is 17.3 Å². The number of hydrogen-bond acceptors (Lipinski definition) is 3. The van der Waals surface area contributed by atoms with Gasteiger partial charge in [-0.1, -0.05) is 18.0 Å². The van der Waals surface area contributed by atoms with E-state index in [0.717, 1.165) is 19.3 Å². The molecule has 94 valence electrons. The Morgan fingerprint density at radius 2 is 2.06 bits per heavy atom. The minimum atomic E-state index is -3.50. The molecular formula is C11H15ClN2O2S. The van der Waals surface area contributed by atoms with Gasteiger partial charge in [-0.2, -0.15) is 4.31 Å². The number of sulfonamides is 1. The summed E-state index contributed by atoms with van der Waals surface area (Å²) in [5.41, 5.74) is 5.91. The van der Waals surface area contributed by atoms with Crippen molar-refractivity contribution in [2.45, 2.75) is 30.2 Å². The standard InChI is InChI=1S/C11H15ClN2O2S/c1-14(9-3-2-4-9)17(15,16)11-6-5-8(12)7-10(11)13/h5-7,9H,2-4,13H2,1H3. The zero-order valence-electron chi connectivity index (χ0n) is 9.56. The van der Waals surface area contributed by atoms with E-state index in [-0.39, 0.29) is 16.6 Å². The van der Waals surface area contributed by atoms with Crippen LogP contribution in [-0.4, -0.2) is 25.8 Å². The Bertz CT molecular complexity index is 526. The van der Waals surface area contributed by atoms with E-state index in [2.05, 4.69) is 0 Å². The van der Waals surface area contributed by atoms with Crippen molar-refractivity contribution in [3.8, 4) is 0 Å². The summed E-state index contributed by atoms with van der Waals surface area (Å²) in [5.74, 6) is 0. The Morgan fingerprint density at radius 3 is 2.53 bits per heavy atom. The lowest BCUT2D eigenvalue weighted by atomic mass is 9.94. The van der Waals surface area contributed by atoms with Crippen LogP contribution in [0.3, 0.4) is 0 Å². The number of halogens is 1. The molecule has 1 aliphatic rings. The van der Waals surface area contributed by atoms with Crippen molar-refractivity contribution in [3.05, 3.63) is 23.2 Å². The number of hydrogen-bond donors (Lipinski definition) is 1. The highest BCUT2D eigenvalue weighted by Crippen LogP contribution is 2.31. The first-order valence-electron chi connectivity index (χ1n) is 5.46. The van der Waals surface area contributed by atoms with Gasteiger partial charge < -0.3 is 5.73 Å². The molecule has 0 heterocycles. The zero-order valence-corrected chi connectivity index (χ0v) is 11.1. The fourth-order valence-corrected chi connectivity index (χ4v) is 3.55. The Hall–Kier alpha value is -0.780. The number of nitrogen functional groups attached to an aromatic ring is 1. The third-order valence-corrected chi connectivity index (χ3v) is 5.44. The second kappa shape index (κ2) is 4.48. The quantitative estimate of drug-likeness (QED) is 0.859. The van der Waals surface area contributed by atoms with Crippen molar-refractivity contribution in [2.24, 2.45) is 0 Å². The lowest BCUT2D eigenvalue weighted by Crippen LogP contribution is -2.41. The topological polar surface area (TPSA) is 63.4 Å². The van der Waals surface area contributed by atoms with Crippen molar-refractivity contribution in [1.82, 2.24) is 4.31 Å². The molecule has 1 aromatic rings. The minimum Gasteiger partial charge on any atom is -0.398 e. The van der Waals surface area contributed by atoms with Crippen LogP contribution in [0.1, 0.15) is 19.3 Å². The predicted molar refractivity (Wildman–Crippen MR) is 68.5 cm³/mol. The second-order valence-electron chi connectivity index (χ2n) is 4.29. The van der Waals surface area contributed by atoms with Gasteiger partial charge >= 0.3 is 0 Å². The zero-order chi connectivity index (χ0) is 12.6. The fraction of sp³-hybridized carbons (Fsp3) is 0.455. The molecule has 1 fully saturated rings. The molecule has 17 heavy (non-hydrogen) atoms. The summed E-state index contributed by atoms with van der Waals surface area (Å²) >= 11 is 5.76. The first-order valence-corrected chi connectivity index (χ1v) is 7.28. The van der Waals surface area contributed by atoms with Crippen molar-refractivity contribution < 1.29 is 8.42 Å². The van der Waals surface area contributed by atoms with Crippen LogP contribution in [-0.2, 0) is 10.0 Å². The van der Waals surface area contributed by atoms with Crippen molar-refractivity contribution >= 4 is 27.3 Å². The van der Waals surface area contributed by atoms with Crippen molar-refractivity contribution in [1.29, 1.82) is 0 Å². The molecule has 2 rings (SSSR count). The van der Waals surface area contributed by atoms with E-state index in [1.54, 1.807) is 13.1 Å². The Labute approximate surface area is 106 Å². The van der Waals surface area contributed by atoms with Crippen LogP contribution in [0.15, 0.2) is 23.1 Å². The monoisotopic (exact) mass is 274 g/mol. The van der Waals surface area contributed by atoms with E-state index < -0.39 is 10.0 Å². The molecular weight excluding hydrogens is 260 g/mol. The van der Waals surface area contributed by atoms with Gasteiger partial charge in [0.1, 0.15) is 4.90 Å². The molecule has 2 N–H and O–H groups in total. The summed E-state index contributed by atoms with van der Waals surface area (Å²) in [6, 6.07) is 4.57. The van der Waals surface area contributed by atoms with E-state index in [0.29, 0.717) is 5.02 Å². The highest BCUT2D eigenvalue weighted by molar-refractivity contribution is 7.89. The van der Waals surface area contributed by atoms with Gasteiger partial charge in [-0.15, -0.1) is 0 Å². The summed E-state index contributed by atoms with van der Waals surface area (Å²) in [5, 5.41) is 0.438. The minimum absolute atomic E-state index is 0.107. The average molecular weight is 275 g/mol. The van der Waals surface area contributed by atoms with E-state index in [1.165, 1.54) is 16.4 Å². The number of rotatable bonds is 3. The Kier molecular flexibility index (Phi) is 3.34. The van der Waals surface area contributed by atoms with Gasteiger partial charge in [0, 0.05) is 18.1 Å². The molecule has 1 aliphatic carbocycles. The molecule has 0 atom stereocenters. The Balaban J connectivity index is 2.36. The van der Waals surface area contributed by atoms with E-state index in [9.17, 15) is 8.42 Å². The molecule has 0 unspecified atom stereocenters. The molecule has 0 aliphatic heterocycles. The van der Waals surface area contributed by atoms with Crippen LogP contribution >= 0.6 is 11.6 Å². The molecule has 0 spiro atoms. The second-order valence-corrected chi connectivity index (χ2v) is 6.69. The SMILES string of the molecule is CN(C1CCC1)S(=O)(=O)c1ccc(Cl)cc1N. The number of anilines is 1. The average Bonchev–Trinajstić information content (AvgIpc) is 2.13. The summed E-state index contributed by atoms with van der Waals surface area (Å²) in [6.07, 6.45) is 2.92. The van der Waals surface area contributed by atoms with Crippen LogP contribution < -0.4 is 5.73 Å². The van der Waals surface area contributed by atoms with Crippen LogP contribution in [0, 0.1) is 0 Å². The van der Waals surface area contributed by atoms with Crippen molar-refractivity contribution in [3.63, 3.8) is 0 Å². The van der Waals surface area contributed by atoms with E-state index in [1.807, 2.05) is 0 Å². The highest BCUT2D eigenvalue weighted by atomic mass is 35.5. The van der Waals surface area contributed by atoms with E-state index >= 15 is 0 Å². The Morgan fingerprint density at radius 1 is 1.41 bits per heavy atom. The maximum atomic E-state index is 12.3. The first kappa shape index (κ1) is 12.7. The lowest BCUT2D eigenvalue weighted by molar-refractivity contribution is 0.250. The lowest BCUT2D eigenvalue weighted by Gasteiger charge is -2.34.